The van der Waals surface area contributed by atoms with E-state index in [1.54, 1.807) is 6.20 Å². The Bertz CT molecular complexity index is 670. The molecule has 1 amide bonds. The number of aliphatic hydroxyl groups is 1. The van der Waals surface area contributed by atoms with Crippen LogP contribution in [0, 0.1) is 0 Å². The minimum absolute atomic E-state index is 0.145. The van der Waals surface area contributed by atoms with E-state index < -0.39 is 0 Å². The molecule has 1 N–H and O–H groups in total. The van der Waals surface area contributed by atoms with E-state index in [-0.39, 0.29) is 18.6 Å². The van der Waals surface area contributed by atoms with Gasteiger partial charge in [0.1, 0.15) is 5.03 Å². The number of thioether (sulfide) groups is 1. The minimum atomic E-state index is 0.145. The molecule has 1 atom stereocenters. The molecule has 1 aliphatic heterocycles. The maximum atomic E-state index is 12.6. The molecule has 1 aliphatic rings. The monoisotopic (exact) mass is 330 g/mol. The molecule has 1 aromatic heterocycles. The van der Waals surface area contributed by atoms with Crippen LogP contribution in [0.2, 0.25) is 0 Å². The van der Waals surface area contributed by atoms with Crippen molar-refractivity contribution in [1.29, 1.82) is 0 Å². The fraction of sp³-hybridized carbons (Fsp3) is 0.444. The lowest BCUT2D eigenvalue weighted by Crippen LogP contribution is -2.45. The first-order valence-corrected chi connectivity index (χ1v) is 9.15. The van der Waals surface area contributed by atoms with Gasteiger partial charge in [0.05, 0.1) is 5.75 Å². The Morgan fingerprint density at radius 2 is 2.17 bits per heavy atom. The summed E-state index contributed by atoms with van der Waals surface area (Å²) < 4.78 is 0. The minimum Gasteiger partial charge on any atom is -0.396 e. The standard InChI is InChI=1S/C18H22N2O2S/c21-12-9-15-6-3-4-11-20(15)17(22)13-23-18-16-7-2-1-5-14(16)8-10-19-18/h1-2,5,7-8,10,15,21H,3-4,6,9,11-13H2. The molecule has 1 unspecified atom stereocenters. The van der Waals surface area contributed by atoms with Crippen molar-refractivity contribution >= 4 is 28.4 Å². The van der Waals surface area contributed by atoms with Gasteiger partial charge >= 0.3 is 0 Å². The summed E-state index contributed by atoms with van der Waals surface area (Å²) in [7, 11) is 0. The second-order valence-corrected chi connectivity index (χ2v) is 6.84. The number of fused-ring (bicyclic) bond motifs is 1. The van der Waals surface area contributed by atoms with Crippen molar-refractivity contribution in [3.63, 3.8) is 0 Å². The highest BCUT2D eigenvalue weighted by Crippen LogP contribution is 2.27. The molecule has 0 aliphatic carbocycles. The normalized spacial score (nSPS) is 18.3. The Morgan fingerprint density at radius 1 is 1.30 bits per heavy atom. The van der Waals surface area contributed by atoms with E-state index in [9.17, 15) is 9.90 Å². The maximum absolute atomic E-state index is 12.6. The van der Waals surface area contributed by atoms with Crippen molar-refractivity contribution in [2.75, 3.05) is 18.9 Å². The summed E-state index contributed by atoms with van der Waals surface area (Å²) in [5.41, 5.74) is 0. The third kappa shape index (κ3) is 3.85. The Balaban J connectivity index is 1.68. The van der Waals surface area contributed by atoms with Crippen LogP contribution in [0.4, 0.5) is 0 Å². The van der Waals surface area contributed by atoms with Crippen LogP contribution < -0.4 is 0 Å². The summed E-state index contributed by atoms with van der Waals surface area (Å²) in [5, 5.41) is 12.3. The number of carbonyl (C=O) groups is 1. The van der Waals surface area contributed by atoms with Gasteiger partial charge in [0.15, 0.2) is 0 Å². The van der Waals surface area contributed by atoms with E-state index in [4.69, 9.17) is 0 Å². The number of rotatable bonds is 5. The number of nitrogens with zero attached hydrogens (tertiary/aromatic N) is 2. The topological polar surface area (TPSA) is 53.4 Å². The van der Waals surface area contributed by atoms with Gasteiger partial charge in [-0.15, -0.1) is 0 Å². The molecule has 122 valence electrons. The lowest BCUT2D eigenvalue weighted by molar-refractivity contribution is -0.132. The number of hydrogen-bond donors (Lipinski definition) is 1. The van der Waals surface area contributed by atoms with Crippen molar-refractivity contribution in [2.24, 2.45) is 0 Å². The number of aromatic nitrogens is 1. The first-order valence-electron chi connectivity index (χ1n) is 8.16. The number of aliphatic hydroxyl groups excluding tert-OH is 1. The van der Waals surface area contributed by atoms with E-state index >= 15 is 0 Å². The summed E-state index contributed by atoms with van der Waals surface area (Å²) in [6.45, 7) is 0.958. The van der Waals surface area contributed by atoms with Crippen molar-refractivity contribution in [3.8, 4) is 0 Å². The number of piperidine rings is 1. The largest absolute Gasteiger partial charge is 0.396 e. The van der Waals surface area contributed by atoms with Crippen LogP contribution in [0.15, 0.2) is 41.6 Å². The zero-order chi connectivity index (χ0) is 16.1. The van der Waals surface area contributed by atoms with Crippen LogP contribution in [-0.4, -0.2) is 45.8 Å². The van der Waals surface area contributed by atoms with E-state index in [2.05, 4.69) is 11.1 Å². The van der Waals surface area contributed by atoms with E-state index in [0.29, 0.717) is 12.2 Å². The smallest absolute Gasteiger partial charge is 0.233 e. The second kappa shape index (κ2) is 7.79. The lowest BCUT2D eigenvalue weighted by atomic mass is 10.00. The van der Waals surface area contributed by atoms with Gasteiger partial charge < -0.3 is 10.0 Å². The number of carbonyl (C=O) groups excluding carboxylic acids is 1. The van der Waals surface area contributed by atoms with Gasteiger partial charge in [-0.25, -0.2) is 4.98 Å². The first-order chi connectivity index (χ1) is 11.3. The zero-order valence-corrected chi connectivity index (χ0v) is 14.0. The fourth-order valence-corrected chi connectivity index (χ4v) is 4.10. The summed E-state index contributed by atoms with van der Waals surface area (Å²) in [6, 6.07) is 10.3. The van der Waals surface area contributed by atoms with Crippen LogP contribution in [0.5, 0.6) is 0 Å². The molecule has 1 saturated heterocycles. The van der Waals surface area contributed by atoms with Crippen LogP contribution in [0.1, 0.15) is 25.7 Å². The molecule has 0 radical (unpaired) electrons. The molecule has 1 aromatic carbocycles. The van der Waals surface area contributed by atoms with E-state index in [1.807, 2.05) is 29.2 Å². The summed E-state index contributed by atoms with van der Waals surface area (Å²) in [6.07, 6.45) is 5.69. The quantitative estimate of drug-likeness (QED) is 0.856. The molecule has 1 fully saturated rings. The van der Waals surface area contributed by atoms with Crippen molar-refractivity contribution in [3.05, 3.63) is 36.5 Å². The van der Waals surface area contributed by atoms with Gasteiger partial charge in [-0.05, 0) is 37.1 Å². The highest BCUT2D eigenvalue weighted by atomic mass is 32.2. The summed E-state index contributed by atoms with van der Waals surface area (Å²) in [5.74, 6) is 0.561. The number of likely N-dealkylation sites (tertiary alicyclic amines) is 1. The van der Waals surface area contributed by atoms with Crippen LogP contribution >= 0.6 is 11.8 Å². The Labute approximate surface area is 140 Å². The number of benzene rings is 1. The third-order valence-corrected chi connectivity index (χ3v) is 5.37. The Morgan fingerprint density at radius 3 is 3.04 bits per heavy atom. The Kier molecular flexibility index (Phi) is 5.51. The molecular weight excluding hydrogens is 308 g/mol. The van der Waals surface area contributed by atoms with Gasteiger partial charge in [-0.2, -0.15) is 0 Å². The van der Waals surface area contributed by atoms with E-state index in [1.165, 1.54) is 11.8 Å². The predicted octanol–water partition coefficient (Wildman–Crippen LogP) is 3.09. The Hall–Kier alpha value is -1.59. The van der Waals surface area contributed by atoms with Crippen molar-refractivity contribution < 1.29 is 9.90 Å². The molecule has 2 aromatic rings. The summed E-state index contributed by atoms with van der Waals surface area (Å²) >= 11 is 1.51. The summed E-state index contributed by atoms with van der Waals surface area (Å²) in [4.78, 5) is 19.0. The fourth-order valence-electron chi connectivity index (χ4n) is 3.20. The zero-order valence-electron chi connectivity index (χ0n) is 13.1. The third-order valence-electron chi connectivity index (χ3n) is 4.38. The SMILES string of the molecule is O=C(CSc1nccc2ccccc12)N1CCCCC1CCO. The molecular formula is C18H22N2O2S. The molecule has 4 nitrogen and oxygen atoms in total. The van der Waals surface area contributed by atoms with Gasteiger partial charge in [0, 0.05) is 30.8 Å². The number of amides is 1. The van der Waals surface area contributed by atoms with Crippen LogP contribution in [0.25, 0.3) is 10.8 Å². The average molecular weight is 330 g/mol. The average Bonchev–Trinajstić information content (AvgIpc) is 2.60. The number of hydrogen-bond acceptors (Lipinski definition) is 4. The van der Waals surface area contributed by atoms with E-state index in [0.717, 1.165) is 41.6 Å². The molecule has 23 heavy (non-hydrogen) atoms. The molecule has 0 spiro atoms. The van der Waals surface area contributed by atoms with Gasteiger partial charge in [-0.3, -0.25) is 4.79 Å². The van der Waals surface area contributed by atoms with Crippen LogP contribution in [0.3, 0.4) is 0 Å². The van der Waals surface area contributed by atoms with Gasteiger partial charge in [-0.1, -0.05) is 36.0 Å². The number of pyridine rings is 1. The molecule has 3 rings (SSSR count). The second-order valence-electron chi connectivity index (χ2n) is 5.87. The van der Waals surface area contributed by atoms with Gasteiger partial charge in [0.2, 0.25) is 5.91 Å². The van der Waals surface area contributed by atoms with Gasteiger partial charge in [0.25, 0.3) is 0 Å². The van der Waals surface area contributed by atoms with Crippen molar-refractivity contribution in [2.45, 2.75) is 36.8 Å². The van der Waals surface area contributed by atoms with Crippen LogP contribution in [-0.2, 0) is 4.79 Å². The highest BCUT2D eigenvalue weighted by molar-refractivity contribution is 8.00. The maximum Gasteiger partial charge on any atom is 0.233 e. The molecule has 0 saturated carbocycles. The lowest BCUT2D eigenvalue weighted by Gasteiger charge is -2.35. The molecule has 2 heterocycles. The first kappa shape index (κ1) is 16.3. The molecule has 5 heteroatoms. The predicted molar refractivity (Wildman–Crippen MR) is 93.5 cm³/mol. The molecule has 0 bridgehead atoms. The highest BCUT2D eigenvalue weighted by Gasteiger charge is 2.26. The van der Waals surface area contributed by atoms with Crippen molar-refractivity contribution in [1.82, 2.24) is 9.88 Å².